The summed E-state index contributed by atoms with van der Waals surface area (Å²) in [6, 6.07) is 3.42. The van der Waals surface area contributed by atoms with Crippen molar-refractivity contribution in [3.05, 3.63) is 23.4 Å². The molecule has 4 N–H and O–H groups in total. The summed E-state index contributed by atoms with van der Waals surface area (Å²) in [5.41, 5.74) is 3.83. The molecule has 18 heavy (non-hydrogen) atoms. The van der Waals surface area contributed by atoms with Crippen LogP contribution in [0.2, 0.25) is 0 Å². The zero-order valence-corrected chi connectivity index (χ0v) is 11.2. The molecule has 1 amide bonds. The summed E-state index contributed by atoms with van der Waals surface area (Å²) in [5, 5.41) is 2.97. The van der Waals surface area contributed by atoms with Crippen molar-refractivity contribution in [3.8, 4) is 0 Å². The van der Waals surface area contributed by atoms with Gasteiger partial charge in [0.1, 0.15) is 5.82 Å². The molecule has 5 nitrogen and oxygen atoms in total. The molecule has 0 saturated carbocycles. The van der Waals surface area contributed by atoms with Crippen LogP contribution in [0, 0.1) is 12.8 Å². The lowest BCUT2D eigenvalue weighted by atomic mass is 10.1. The van der Waals surface area contributed by atoms with E-state index in [9.17, 15) is 4.79 Å². The fraction of sp³-hybridized carbons (Fsp3) is 0.500. The molecule has 1 aliphatic rings. The highest BCUT2D eigenvalue weighted by molar-refractivity contribution is 7.99. The number of carbonyl (C=O) groups excluding carboxylic acids is 1. The van der Waals surface area contributed by atoms with Gasteiger partial charge >= 0.3 is 0 Å². The van der Waals surface area contributed by atoms with Crippen LogP contribution in [0.3, 0.4) is 0 Å². The van der Waals surface area contributed by atoms with Crippen LogP contribution >= 0.6 is 11.8 Å². The van der Waals surface area contributed by atoms with Crippen LogP contribution in [0.25, 0.3) is 0 Å². The third-order valence-corrected chi connectivity index (χ3v) is 4.17. The number of anilines is 1. The minimum Gasteiger partial charge on any atom is -0.352 e. The molecular formula is C12H18N4OS. The predicted molar refractivity (Wildman–Crippen MR) is 74.5 cm³/mol. The second-order valence-corrected chi connectivity index (χ2v) is 5.62. The first-order chi connectivity index (χ1) is 8.69. The number of pyridine rings is 1. The monoisotopic (exact) mass is 266 g/mol. The van der Waals surface area contributed by atoms with Crippen molar-refractivity contribution < 1.29 is 4.79 Å². The number of thioether (sulfide) groups is 1. The molecule has 98 valence electrons. The maximum atomic E-state index is 12.0. The Bertz CT molecular complexity index is 432. The Morgan fingerprint density at radius 1 is 1.61 bits per heavy atom. The molecule has 2 heterocycles. The Labute approximate surface area is 111 Å². The number of nitrogens with zero attached hydrogens (tertiary/aromatic N) is 1. The maximum Gasteiger partial charge on any atom is 0.251 e. The Morgan fingerprint density at radius 3 is 3.11 bits per heavy atom. The zero-order valence-electron chi connectivity index (χ0n) is 10.4. The summed E-state index contributed by atoms with van der Waals surface area (Å²) in [7, 11) is 0. The Hall–Kier alpha value is -1.27. The lowest BCUT2D eigenvalue weighted by Gasteiger charge is -2.11. The lowest BCUT2D eigenvalue weighted by molar-refractivity contribution is 0.0948. The average Bonchev–Trinajstić information content (AvgIpc) is 2.88. The van der Waals surface area contributed by atoms with Gasteiger partial charge in [-0.1, -0.05) is 0 Å². The number of rotatable bonds is 4. The van der Waals surface area contributed by atoms with E-state index < -0.39 is 0 Å². The van der Waals surface area contributed by atoms with Crippen LogP contribution in [-0.4, -0.2) is 28.9 Å². The normalized spacial score (nSPS) is 18.7. The highest BCUT2D eigenvalue weighted by atomic mass is 32.2. The first kappa shape index (κ1) is 13.2. The smallest absolute Gasteiger partial charge is 0.251 e. The molecule has 0 radical (unpaired) electrons. The third-order valence-electron chi connectivity index (χ3n) is 2.94. The third kappa shape index (κ3) is 3.36. The van der Waals surface area contributed by atoms with Crippen LogP contribution < -0.4 is 16.6 Å². The average molecular weight is 266 g/mol. The molecular weight excluding hydrogens is 248 g/mol. The first-order valence-electron chi connectivity index (χ1n) is 6.00. The lowest BCUT2D eigenvalue weighted by Crippen LogP contribution is -2.29. The van der Waals surface area contributed by atoms with E-state index in [1.54, 1.807) is 12.1 Å². The number of aromatic nitrogens is 1. The number of hydrogen-bond acceptors (Lipinski definition) is 5. The number of nitrogens with two attached hydrogens (primary N) is 1. The molecule has 1 aromatic heterocycles. The fourth-order valence-electron chi connectivity index (χ4n) is 1.96. The van der Waals surface area contributed by atoms with Crippen LogP contribution in [0.15, 0.2) is 12.1 Å². The van der Waals surface area contributed by atoms with E-state index >= 15 is 0 Å². The SMILES string of the molecule is Cc1cc(C(=O)NCC2CCSC2)cc(NN)n1. The van der Waals surface area contributed by atoms with Gasteiger partial charge in [-0.15, -0.1) is 0 Å². The first-order valence-corrected chi connectivity index (χ1v) is 7.16. The molecule has 6 heteroatoms. The van der Waals surface area contributed by atoms with Gasteiger partial charge in [0.05, 0.1) is 0 Å². The van der Waals surface area contributed by atoms with Crippen LogP contribution in [-0.2, 0) is 0 Å². The van der Waals surface area contributed by atoms with Gasteiger partial charge in [-0.25, -0.2) is 10.8 Å². The van der Waals surface area contributed by atoms with E-state index in [1.165, 1.54) is 12.2 Å². The molecule has 1 atom stereocenters. The second-order valence-electron chi connectivity index (χ2n) is 4.47. The quantitative estimate of drug-likeness (QED) is 0.563. The van der Waals surface area contributed by atoms with Crippen molar-refractivity contribution in [2.75, 3.05) is 23.5 Å². The van der Waals surface area contributed by atoms with Gasteiger partial charge in [-0.2, -0.15) is 11.8 Å². The van der Waals surface area contributed by atoms with Gasteiger partial charge in [-0.3, -0.25) is 4.79 Å². The van der Waals surface area contributed by atoms with E-state index in [0.717, 1.165) is 18.0 Å². The molecule has 2 rings (SSSR count). The molecule has 1 saturated heterocycles. The van der Waals surface area contributed by atoms with Crippen molar-refractivity contribution in [2.24, 2.45) is 11.8 Å². The van der Waals surface area contributed by atoms with Gasteiger partial charge in [-0.05, 0) is 42.9 Å². The molecule has 1 aromatic rings. The summed E-state index contributed by atoms with van der Waals surface area (Å²) in [5.74, 6) is 8.72. The molecule has 0 bridgehead atoms. The topological polar surface area (TPSA) is 80.0 Å². The van der Waals surface area contributed by atoms with E-state index in [2.05, 4.69) is 15.7 Å². The Kier molecular flexibility index (Phi) is 4.43. The summed E-state index contributed by atoms with van der Waals surface area (Å²) in [6.07, 6.45) is 1.19. The van der Waals surface area contributed by atoms with Gasteiger partial charge in [0.2, 0.25) is 0 Å². The minimum atomic E-state index is -0.0612. The van der Waals surface area contributed by atoms with Crippen molar-refractivity contribution in [1.29, 1.82) is 0 Å². The molecule has 0 spiro atoms. The number of amides is 1. The van der Waals surface area contributed by atoms with Crippen LogP contribution in [0.5, 0.6) is 0 Å². The fourth-order valence-corrected chi connectivity index (χ4v) is 3.24. The second kappa shape index (κ2) is 6.06. The summed E-state index contributed by atoms with van der Waals surface area (Å²) in [4.78, 5) is 16.2. The minimum absolute atomic E-state index is 0.0612. The van der Waals surface area contributed by atoms with Crippen LogP contribution in [0.4, 0.5) is 5.82 Å². The van der Waals surface area contributed by atoms with Crippen molar-refractivity contribution in [3.63, 3.8) is 0 Å². The standard InChI is InChI=1S/C12H18N4OS/c1-8-4-10(5-11(15-8)16-13)12(17)14-6-9-2-3-18-7-9/h4-5,9H,2-3,6-7,13H2,1H3,(H,14,17)(H,15,16). The molecule has 0 aromatic carbocycles. The van der Waals surface area contributed by atoms with Gasteiger partial charge < -0.3 is 10.7 Å². The Balaban J connectivity index is 1.97. The number of carbonyl (C=O) groups is 1. The number of hydrazine groups is 1. The predicted octanol–water partition coefficient (Wildman–Crippen LogP) is 1.16. The van der Waals surface area contributed by atoms with Crippen molar-refractivity contribution in [2.45, 2.75) is 13.3 Å². The number of nitrogen functional groups attached to an aromatic ring is 1. The van der Waals surface area contributed by atoms with Crippen LogP contribution in [0.1, 0.15) is 22.5 Å². The van der Waals surface area contributed by atoms with E-state index in [4.69, 9.17) is 5.84 Å². The summed E-state index contributed by atoms with van der Waals surface area (Å²) >= 11 is 1.95. The number of nitrogens with one attached hydrogen (secondary N) is 2. The maximum absolute atomic E-state index is 12.0. The van der Waals surface area contributed by atoms with Gasteiger partial charge in [0.15, 0.2) is 0 Å². The van der Waals surface area contributed by atoms with Crippen molar-refractivity contribution >= 4 is 23.5 Å². The molecule has 1 aliphatic heterocycles. The largest absolute Gasteiger partial charge is 0.352 e. The van der Waals surface area contributed by atoms with Crippen molar-refractivity contribution in [1.82, 2.24) is 10.3 Å². The van der Waals surface area contributed by atoms with E-state index in [-0.39, 0.29) is 5.91 Å². The zero-order chi connectivity index (χ0) is 13.0. The van der Waals surface area contributed by atoms with Gasteiger partial charge in [0, 0.05) is 17.8 Å². The highest BCUT2D eigenvalue weighted by Gasteiger charge is 2.17. The number of hydrogen-bond donors (Lipinski definition) is 3. The molecule has 1 fully saturated rings. The van der Waals surface area contributed by atoms with E-state index in [1.807, 2.05) is 18.7 Å². The molecule has 1 unspecified atom stereocenters. The summed E-state index contributed by atoms with van der Waals surface area (Å²) in [6.45, 7) is 2.59. The van der Waals surface area contributed by atoms with E-state index in [0.29, 0.717) is 17.3 Å². The number of aryl methyl sites for hydroxylation is 1. The molecule has 0 aliphatic carbocycles. The highest BCUT2D eigenvalue weighted by Crippen LogP contribution is 2.22. The Morgan fingerprint density at radius 2 is 2.44 bits per heavy atom. The summed E-state index contributed by atoms with van der Waals surface area (Å²) < 4.78 is 0. The van der Waals surface area contributed by atoms with Gasteiger partial charge in [0.25, 0.3) is 5.91 Å².